The lowest BCUT2D eigenvalue weighted by Crippen LogP contribution is -2.34. The van der Waals surface area contributed by atoms with E-state index in [0.717, 1.165) is 12.8 Å². The molecule has 0 aliphatic carbocycles. The zero-order chi connectivity index (χ0) is 13.3. The zero-order valence-corrected chi connectivity index (χ0v) is 12.3. The average Bonchev–Trinajstić information content (AvgIpc) is 2.31. The van der Waals surface area contributed by atoms with Gasteiger partial charge in [-0.1, -0.05) is 59.3 Å². The molecule has 2 nitrogen and oxygen atoms in total. The van der Waals surface area contributed by atoms with Crippen molar-refractivity contribution in [3.05, 3.63) is 0 Å². The maximum Gasteiger partial charge on any atom is 0.311 e. The second-order valence-corrected chi connectivity index (χ2v) is 5.58. The molecule has 0 aliphatic heterocycles. The molecule has 0 saturated carbocycles. The van der Waals surface area contributed by atoms with Crippen LogP contribution in [0.3, 0.4) is 0 Å². The third-order valence-electron chi connectivity index (χ3n) is 3.98. The quantitative estimate of drug-likeness (QED) is 0.437. The minimum atomic E-state index is -0.306. The summed E-state index contributed by atoms with van der Waals surface area (Å²) in [5, 5.41) is 0. The summed E-state index contributed by atoms with van der Waals surface area (Å²) in [5.41, 5.74) is -0.306. The molecular formula is C15H30O2. The number of carbonyl (C=O) groups is 1. The second-order valence-electron chi connectivity index (χ2n) is 5.58. The van der Waals surface area contributed by atoms with E-state index in [2.05, 4.69) is 20.8 Å². The smallest absolute Gasteiger partial charge is 0.311 e. The Kier molecular flexibility index (Phi) is 8.28. The Morgan fingerprint density at radius 1 is 1.12 bits per heavy atom. The van der Waals surface area contributed by atoms with Gasteiger partial charge in [0.1, 0.15) is 0 Å². The molecule has 0 rings (SSSR count). The normalized spacial score (nSPS) is 14.7. The predicted molar refractivity (Wildman–Crippen MR) is 73.0 cm³/mol. The van der Waals surface area contributed by atoms with Gasteiger partial charge < -0.3 is 4.74 Å². The van der Waals surface area contributed by atoms with Crippen molar-refractivity contribution in [3.63, 3.8) is 0 Å². The molecule has 0 aliphatic rings. The molecule has 1 atom stereocenters. The molecule has 0 spiro atoms. The van der Waals surface area contributed by atoms with E-state index in [1.807, 2.05) is 6.92 Å². The first-order valence-corrected chi connectivity index (χ1v) is 7.07. The number of hydrogen-bond acceptors (Lipinski definition) is 2. The molecular weight excluding hydrogens is 212 g/mol. The molecule has 0 aromatic carbocycles. The first kappa shape index (κ1) is 16.5. The van der Waals surface area contributed by atoms with E-state index in [1.165, 1.54) is 39.2 Å². The van der Waals surface area contributed by atoms with E-state index in [1.54, 1.807) is 0 Å². The van der Waals surface area contributed by atoms with Gasteiger partial charge in [-0.05, 0) is 19.3 Å². The SMILES string of the molecule is CCCCCCCCC(C)(C(=O)OC)C(C)C. The van der Waals surface area contributed by atoms with Gasteiger partial charge in [-0.25, -0.2) is 0 Å². The zero-order valence-electron chi connectivity index (χ0n) is 12.3. The van der Waals surface area contributed by atoms with Crippen molar-refractivity contribution in [1.29, 1.82) is 0 Å². The predicted octanol–water partition coefficient (Wildman–Crippen LogP) is 4.57. The summed E-state index contributed by atoms with van der Waals surface area (Å²) in [6.45, 7) is 8.48. The first-order chi connectivity index (χ1) is 7.99. The maximum absolute atomic E-state index is 11.8. The average molecular weight is 242 g/mol. The van der Waals surface area contributed by atoms with Crippen molar-refractivity contribution >= 4 is 5.97 Å². The van der Waals surface area contributed by atoms with Gasteiger partial charge in [0.25, 0.3) is 0 Å². The van der Waals surface area contributed by atoms with E-state index >= 15 is 0 Å². The highest BCUT2D eigenvalue weighted by Crippen LogP contribution is 2.34. The molecule has 17 heavy (non-hydrogen) atoms. The maximum atomic E-state index is 11.8. The summed E-state index contributed by atoms with van der Waals surface area (Å²) >= 11 is 0. The van der Waals surface area contributed by atoms with Gasteiger partial charge in [-0.3, -0.25) is 4.79 Å². The number of esters is 1. The van der Waals surface area contributed by atoms with Crippen LogP contribution in [0.4, 0.5) is 0 Å². The molecule has 0 bridgehead atoms. The highest BCUT2D eigenvalue weighted by Gasteiger charge is 2.36. The van der Waals surface area contributed by atoms with Crippen LogP contribution < -0.4 is 0 Å². The van der Waals surface area contributed by atoms with Crippen LogP contribution in [0.25, 0.3) is 0 Å². The lowest BCUT2D eigenvalue weighted by Gasteiger charge is -2.30. The van der Waals surface area contributed by atoms with Gasteiger partial charge in [0, 0.05) is 0 Å². The van der Waals surface area contributed by atoms with E-state index in [0.29, 0.717) is 5.92 Å². The summed E-state index contributed by atoms with van der Waals surface area (Å²) in [5.74, 6) is 0.284. The summed E-state index contributed by atoms with van der Waals surface area (Å²) in [4.78, 5) is 11.8. The van der Waals surface area contributed by atoms with Crippen molar-refractivity contribution in [2.24, 2.45) is 11.3 Å². The van der Waals surface area contributed by atoms with Crippen LogP contribution in [0.5, 0.6) is 0 Å². The van der Waals surface area contributed by atoms with Crippen LogP contribution in [0.1, 0.15) is 72.6 Å². The summed E-state index contributed by atoms with van der Waals surface area (Å²) < 4.78 is 4.93. The molecule has 0 aromatic heterocycles. The van der Waals surface area contributed by atoms with E-state index in [4.69, 9.17) is 4.74 Å². The minimum Gasteiger partial charge on any atom is -0.469 e. The molecule has 0 radical (unpaired) electrons. The molecule has 1 unspecified atom stereocenters. The van der Waals surface area contributed by atoms with Crippen molar-refractivity contribution < 1.29 is 9.53 Å². The Hall–Kier alpha value is -0.530. The standard InChI is InChI=1S/C15H30O2/c1-6-7-8-9-10-11-12-15(4,13(2)3)14(16)17-5/h13H,6-12H2,1-5H3. The monoisotopic (exact) mass is 242 g/mol. The van der Waals surface area contributed by atoms with Crippen molar-refractivity contribution in [3.8, 4) is 0 Å². The third-order valence-corrected chi connectivity index (χ3v) is 3.98. The van der Waals surface area contributed by atoms with Gasteiger partial charge in [-0.2, -0.15) is 0 Å². The van der Waals surface area contributed by atoms with Gasteiger partial charge >= 0.3 is 5.97 Å². The number of ether oxygens (including phenoxy) is 1. The van der Waals surface area contributed by atoms with Crippen LogP contribution in [0.2, 0.25) is 0 Å². The van der Waals surface area contributed by atoms with Crippen LogP contribution in [0.15, 0.2) is 0 Å². The van der Waals surface area contributed by atoms with E-state index in [-0.39, 0.29) is 11.4 Å². The number of unbranched alkanes of at least 4 members (excludes halogenated alkanes) is 5. The molecule has 102 valence electrons. The number of rotatable bonds is 9. The highest BCUT2D eigenvalue weighted by molar-refractivity contribution is 5.76. The summed E-state index contributed by atoms with van der Waals surface area (Å²) in [6.07, 6.45) is 8.55. The molecule has 0 saturated heterocycles. The largest absolute Gasteiger partial charge is 0.469 e. The Morgan fingerprint density at radius 3 is 2.12 bits per heavy atom. The van der Waals surface area contributed by atoms with Crippen molar-refractivity contribution in [2.75, 3.05) is 7.11 Å². The first-order valence-electron chi connectivity index (χ1n) is 7.07. The number of carbonyl (C=O) groups excluding carboxylic acids is 1. The Balaban J connectivity index is 3.98. The Morgan fingerprint density at radius 2 is 1.65 bits per heavy atom. The van der Waals surface area contributed by atoms with Crippen molar-refractivity contribution in [2.45, 2.75) is 72.6 Å². The lowest BCUT2D eigenvalue weighted by atomic mass is 9.75. The van der Waals surface area contributed by atoms with Crippen LogP contribution >= 0.6 is 0 Å². The Labute approximate surface area is 107 Å². The van der Waals surface area contributed by atoms with Gasteiger partial charge in [-0.15, -0.1) is 0 Å². The Bertz CT molecular complexity index is 211. The van der Waals surface area contributed by atoms with Gasteiger partial charge in [0.15, 0.2) is 0 Å². The number of methoxy groups -OCH3 is 1. The lowest BCUT2D eigenvalue weighted by molar-refractivity contribution is -0.155. The molecule has 2 heteroatoms. The topological polar surface area (TPSA) is 26.3 Å². The van der Waals surface area contributed by atoms with Crippen LogP contribution in [0, 0.1) is 11.3 Å². The molecule has 0 aromatic rings. The minimum absolute atomic E-state index is 0.0546. The fourth-order valence-electron chi connectivity index (χ4n) is 2.13. The summed E-state index contributed by atoms with van der Waals surface area (Å²) in [6, 6.07) is 0. The number of hydrogen-bond donors (Lipinski definition) is 0. The molecule has 0 fully saturated rings. The fourth-order valence-corrected chi connectivity index (χ4v) is 2.13. The fraction of sp³-hybridized carbons (Fsp3) is 0.933. The molecule has 0 amide bonds. The molecule has 0 heterocycles. The van der Waals surface area contributed by atoms with Crippen molar-refractivity contribution in [1.82, 2.24) is 0 Å². The van der Waals surface area contributed by atoms with Crippen LogP contribution in [-0.2, 0) is 9.53 Å². The van der Waals surface area contributed by atoms with Gasteiger partial charge in [0.05, 0.1) is 12.5 Å². The molecule has 0 N–H and O–H groups in total. The second kappa shape index (κ2) is 8.54. The van der Waals surface area contributed by atoms with E-state index in [9.17, 15) is 4.79 Å². The van der Waals surface area contributed by atoms with Crippen LogP contribution in [-0.4, -0.2) is 13.1 Å². The van der Waals surface area contributed by atoms with Gasteiger partial charge in [0.2, 0.25) is 0 Å². The summed E-state index contributed by atoms with van der Waals surface area (Å²) in [7, 11) is 1.49. The van der Waals surface area contributed by atoms with E-state index < -0.39 is 0 Å². The third kappa shape index (κ3) is 5.56. The highest BCUT2D eigenvalue weighted by atomic mass is 16.5.